The zero-order valence-electron chi connectivity index (χ0n) is 21.6. The molecule has 0 aliphatic carbocycles. The van der Waals surface area contributed by atoms with Gasteiger partial charge in [0.25, 0.3) is 0 Å². The largest absolute Gasteiger partial charge is 0.481 e. The van der Waals surface area contributed by atoms with Crippen LogP contribution in [0.25, 0.3) is 0 Å². The number of nitrogens with zero attached hydrogens (tertiary/aromatic N) is 4. The molecule has 2 rings (SSSR count). The number of esters is 2. The summed E-state index contributed by atoms with van der Waals surface area (Å²) in [4.78, 5) is 57.9. The summed E-state index contributed by atoms with van der Waals surface area (Å²) in [5, 5.41) is 19.0. The predicted octanol–water partition coefficient (Wildman–Crippen LogP) is 0.836. The first-order chi connectivity index (χ1) is 17.7. The maximum atomic E-state index is 12.2. The monoisotopic (exact) mass is 522 g/mol. The quantitative estimate of drug-likeness (QED) is 0.374. The van der Waals surface area contributed by atoms with E-state index in [-0.39, 0.29) is 57.5 Å². The second-order valence-corrected chi connectivity index (χ2v) is 8.83. The molecular formula is C25H38N4O8. The van der Waals surface area contributed by atoms with E-state index >= 15 is 0 Å². The zero-order chi connectivity index (χ0) is 27.2. The van der Waals surface area contributed by atoms with Crippen molar-refractivity contribution in [3.63, 3.8) is 0 Å². The van der Waals surface area contributed by atoms with Crippen molar-refractivity contribution < 1.29 is 38.9 Å². The van der Waals surface area contributed by atoms with Gasteiger partial charge in [0.1, 0.15) is 6.04 Å². The van der Waals surface area contributed by atoms with Crippen LogP contribution in [-0.4, -0.2) is 112 Å². The van der Waals surface area contributed by atoms with Crippen LogP contribution in [0.1, 0.15) is 44.5 Å². The maximum absolute atomic E-state index is 12.2. The van der Waals surface area contributed by atoms with Crippen molar-refractivity contribution in [1.82, 2.24) is 19.7 Å². The third kappa shape index (κ3) is 11.2. The Labute approximate surface area is 217 Å². The van der Waals surface area contributed by atoms with Crippen molar-refractivity contribution in [3.05, 3.63) is 29.6 Å². The lowest BCUT2D eigenvalue weighted by atomic mass is 10.1. The van der Waals surface area contributed by atoms with Crippen molar-refractivity contribution in [3.8, 4) is 0 Å². The Balaban J connectivity index is 2.32. The minimum atomic E-state index is -1.04. The molecule has 1 aliphatic rings. The fourth-order valence-corrected chi connectivity index (χ4v) is 4.24. The summed E-state index contributed by atoms with van der Waals surface area (Å²) in [5.41, 5.74) is 1.47. The molecule has 0 saturated carbocycles. The smallest absolute Gasteiger partial charge is 0.320 e. The van der Waals surface area contributed by atoms with Crippen molar-refractivity contribution in [2.24, 2.45) is 0 Å². The summed E-state index contributed by atoms with van der Waals surface area (Å²) in [5.74, 6) is -2.78. The molecule has 1 aliphatic heterocycles. The van der Waals surface area contributed by atoms with Crippen LogP contribution >= 0.6 is 0 Å². The number of hydrogen-bond acceptors (Lipinski definition) is 10. The SMILES string of the molecule is CCOC(=O)CN1CCN(C(CCCC(=O)O)C(=O)O)CCN(CC(=O)OCC)Cc2cccc(n2)C1. The number of rotatable bonds is 12. The Morgan fingerprint density at radius 1 is 0.892 bits per heavy atom. The second-order valence-electron chi connectivity index (χ2n) is 8.83. The first-order valence-corrected chi connectivity index (χ1v) is 12.6. The zero-order valence-corrected chi connectivity index (χ0v) is 21.6. The van der Waals surface area contributed by atoms with E-state index in [0.29, 0.717) is 39.3 Å². The van der Waals surface area contributed by atoms with Gasteiger partial charge in [0.2, 0.25) is 0 Å². The van der Waals surface area contributed by atoms with E-state index in [1.54, 1.807) is 18.7 Å². The highest BCUT2D eigenvalue weighted by Crippen LogP contribution is 2.14. The second kappa shape index (κ2) is 15.9. The number of aliphatic carboxylic acids is 2. The average Bonchev–Trinajstić information content (AvgIpc) is 2.81. The standard InChI is InChI=1S/C25H38N4O8/c1-3-36-23(32)17-27-11-13-29(21(25(34)35)9-6-10-22(30)31)14-12-28(18-24(33)37-4-2)16-20-8-5-7-19(15-27)26-20/h5,7-8,21H,3-4,6,9-18H2,1-2H3,(H,30,31)(H,34,35). The minimum absolute atomic E-state index is 0.0271. The van der Waals surface area contributed by atoms with Gasteiger partial charge >= 0.3 is 23.9 Å². The molecule has 1 unspecified atom stereocenters. The van der Waals surface area contributed by atoms with Crippen molar-refractivity contribution in [1.29, 1.82) is 0 Å². The van der Waals surface area contributed by atoms with Gasteiger partial charge in [-0.25, -0.2) is 0 Å². The van der Waals surface area contributed by atoms with Gasteiger partial charge in [-0.1, -0.05) is 6.07 Å². The Hall–Kier alpha value is -3.09. The van der Waals surface area contributed by atoms with E-state index < -0.39 is 18.0 Å². The fourth-order valence-electron chi connectivity index (χ4n) is 4.24. The molecule has 0 saturated heterocycles. The number of hydrogen-bond donors (Lipinski definition) is 2. The summed E-state index contributed by atoms with van der Waals surface area (Å²) >= 11 is 0. The summed E-state index contributed by atoms with van der Waals surface area (Å²) < 4.78 is 10.2. The van der Waals surface area contributed by atoms with Gasteiger partial charge in [-0.3, -0.25) is 38.9 Å². The number of carboxylic acids is 2. The van der Waals surface area contributed by atoms with Gasteiger partial charge in [-0.05, 0) is 38.8 Å². The minimum Gasteiger partial charge on any atom is -0.481 e. The highest BCUT2D eigenvalue weighted by Gasteiger charge is 2.28. The third-order valence-corrected chi connectivity index (χ3v) is 5.95. The van der Waals surface area contributed by atoms with Crippen LogP contribution in [0.3, 0.4) is 0 Å². The Morgan fingerprint density at radius 2 is 1.41 bits per heavy atom. The summed E-state index contributed by atoms with van der Waals surface area (Å²) in [6.45, 7) is 6.11. The van der Waals surface area contributed by atoms with Gasteiger partial charge in [0, 0.05) is 45.7 Å². The highest BCUT2D eigenvalue weighted by atomic mass is 16.5. The maximum Gasteiger partial charge on any atom is 0.320 e. The van der Waals surface area contributed by atoms with E-state index in [9.17, 15) is 24.3 Å². The molecule has 1 atom stereocenters. The number of fused-ring (bicyclic) bond motifs is 2. The highest BCUT2D eigenvalue weighted by molar-refractivity contribution is 5.74. The number of carbonyl (C=O) groups excluding carboxylic acids is 2. The number of aromatic nitrogens is 1. The number of ether oxygens (including phenoxy) is 2. The van der Waals surface area contributed by atoms with Gasteiger partial charge in [0.15, 0.2) is 0 Å². The number of carboxylic acid groups (broad SMARTS) is 2. The number of carbonyl (C=O) groups is 4. The van der Waals surface area contributed by atoms with Crippen LogP contribution in [0.4, 0.5) is 0 Å². The molecule has 0 fully saturated rings. The lowest BCUT2D eigenvalue weighted by Crippen LogP contribution is -2.49. The molecule has 2 bridgehead atoms. The lowest BCUT2D eigenvalue weighted by molar-refractivity contribution is -0.147. The Kier molecular flexibility index (Phi) is 12.9. The Bertz CT molecular complexity index is 863. The average molecular weight is 523 g/mol. The molecule has 12 nitrogen and oxygen atoms in total. The molecule has 1 aromatic heterocycles. The molecule has 2 heterocycles. The van der Waals surface area contributed by atoms with Crippen molar-refractivity contribution in [2.75, 3.05) is 52.5 Å². The lowest BCUT2D eigenvalue weighted by Gasteiger charge is -2.33. The Morgan fingerprint density at radius 3 is 1.84 bits per heavy atom. The van der Waals surface area contributed by atoms with E-state index in [2.05, 4.69) is 0 Å². The van der Waals surface area contributed by atoms with Crippen molar-refractivity contribution >= 4 is 23.9 Å². The molecule has 0 amide bonds. The van der Waals surface area contributed by atoms with Crippen LogP contribution < -0.4 is 0 Å². The summed E-state index contributed by atoms with van der Waals surface area (Å²) in [6, 6.07) is 4.68. The first-order valence-electron chi connectivity index (χ1n) is 12.6. The third-order valence-electron chi connectivity index (χ3n) is 5.95. The van der Waals surface area contributed by atoms with Crippen molar-refractivity contribution in [2.45, 2.75) is 52.2 Å². The van der Waals surface area contributed by atoms with Gasteiger partial charge in [-0.2, -0.15) is 0 Å². The fraction of sp³-hybridized carbons (Fsp3) is 0.640. The molecule has 0 spiro atoms. The van der Waals surface area contributed by atoms with Crippen LogP contribution in [0.2, 0.25) is 0 Å². The number of pyridine rings is 1. The van der Waals surface area contributed by atoms with Crippen LogP contribution in [0.15, 0.2) is 18.2 Å². The van der Waals surface area contributed by atoms with E-state index in [4.69, 9.17) is 19.6 Å². The van der Waals surface area contributed by atoms with Crippen LogP contribution in [-0.2, 0) is 41.7 Å². The topological polar surface area (TPSA) is 150 Å². The normalized spacial score (nSPS) is 16.7. The molecule has 206 valence electrons. The van der Waals surface area contributed by atoms with Gasteiger partial charge in [-0.15, -0.1) is 0 Å². The van der Waals surface area contributed by atoms with Gasteiger partial charge in [0.05, 0.1) is 37.7 Å². The van der Waals surface area contributed by atoms with E-state index in [1.807, 2.05) is 28.0 Å². The first kappa shape index (κ1) is 30.1. The summed E-state index contributed by atoms with van der Waals surface area (Å²) in [6.07, 6.45) is 0.260. The van der Waals surface area contributed by atoms with Gasteiger partial charge < -0.3 is 19.7 Å². The van der Waals surface area contributed by atoms with E-state index in [1.165, 1.54) is 0 Å². The van der Waals surface area contributed by atoms with E-state index in [0.717, 1.165) is 11.4 Å². The molecule has 12 heteroatoms. The molecular weight excluding hydrogens is 484 g/mol. The van der Waals surface area contributed by atoms with Crippen LogP contribution in [0, 0.1) is 0 Å². The predicted molar refractivity (Wildman–Crippen MR) is 133 cm³/mol. The van der Waals surface area contributed by atoms with Crippen LogP contribution in [0.5, 0.6) is 0 Å². The molecule has 37 heavy (non-hydrogen) atoms. The molecule has 0 aromatic carbocycles. The molecule has 0 radical (unpaired) electrons. The summed E-state index contributed by atoms with van der Waals surface area (Å²) in [7, 11) is 0. The molecule has 2 N–H and O–H groups in total. The molecule has 1 aromatic rings.